The van der Waals surface area contributed by atoms with Crippen molar-refractivity contribution in [2.45, 2.75) is 25.5 Å². The smallest absolute Gasteiger partial charge is 0.151 e. The highest BCUT2D eigenvalue weighted by atomic mass is 35.5. The monoisotopic (exact) mass is 373 g/mol. The van der Waals surface area contributed by atoms with E-state index in [1.807, 2.05) is 25.1 Å². The van der Waals surface area contributed by atoms with Crippen LogP contribution in [0.1, 0.15) is 24.5 Å². The SMILES string of the molecule is CC1CN(Cc2ccccc2)CCC1(O)c1c(F)c(Cl)cc2ccoc12. The molecule has 1 saturated heterocycles. The van der Waals surface area contributed by atoms with Gasteiger partial charge in [-0.05, 0) is 24.1 Å². The van der Waals surface area contributed by atoms with Crippen molar-refractivity contribution in [2.75, 3.05) is 13.1 Å². The lowest BCUT2D eigenvalue weighted by Crippen LogP contribution is -2.49. The van der Waals surface area contributed by atoms with Crippen LogP contribution in [0.5, 0.6) is 0 Å². The zero-order valence-corrected chi connectivity index (χ0v) is 15.3. The van der Waals surface area contributed by atoms with Gasteiger partial charge < -0.3 is 9.52 Å². The second-order valence-electron chi connectivity index (χ2n) is 7.18. The van der Waals surface area contributed by atoms with Gasteiger partial charge in [-0.2, -0.15) is 0 Å². The van der Waals surface area contributed by atoms with Gasteiger partial charge in [-0.25, -0.2) is 4.39 Å². The Balaban J connectivity index is 1.64. The lowest BCUT2D eigenvalue weighted by atomic mass is 9.76. The van der Waals surface area contributed by atoms with Crippen LogP contribution in [0.2, 0.25) is 5.02 Å². The summed E-state index contributed by atoms with van der Waals surface area (Å²) in [6, 6.07) is 13.5. The van der Waals surface area contributed by atoms with Gasteiger partial charge in [0.25, 0.3) is 0 Å². The van der Waals surface area contributed by atoms with E-state index in [0.717, 1.165) is 6.54 Å². The quantitative estimate of drug-likeness (QED) is 0.705. The molecule has 26 heavy (non-hydrogen) atoms. The van der Waals surface area contributed by atoms with Gasteiger partial charge >= 0.3 is 0 Å². The maximum absolute atomic E-state index is 14.9. The number of piperidine rings is 1. The fraction of sp³-hybridized carbons (Fsp3) is 0.333. The zero-order chi connectivity index (χ0) is 18.3. The van der Waals surface area contributed by atoms with Crippen molar-refractivity contribution in [3.8, 4) is 0 Å². The van der Waals surface area contributed by atoms with Gasteiger partial charge in [0.15, 0.2) is 5.82 Å². The van der Waals surface area contributed by atoms with Gasteiger partial charge in [-0.1, -0.05) is 48.9 Å². The number of likely N-dealkylation sites (tertiary alicyclic amines) is 1. The fourth-order valence-electron chi connectivity index (χ4n) is 4.00. The first-order valence-electron chi connectivity index (χ1n) is 8.83. The van der Waals surface area contributed by atoms with Gasteiger partial charge in [-0.3, -0.25) is 4.90 Å². The third-order valence-electron chi connectivity index (χ3n) is 5.47. The molecule has 0 bridgehead atoms. The second-order valence-corrected chi connectivity index (χ2v) is 7.59. The predicted octanol–water partition coefficient (Wildman–Crippen LogP) is 4.95. The molecule has 1 fully saturated rings. The molecule has 5 heteroatoms. The summed E-state index contributed by atoms with van der Waals surface area (Å²) in [5.41, 5.74) is 0.500. The van der Waals surface area contributed by atoms with E-state index in [2.05, 4.69) is 17.0 Å². The first kappa shape index (κ1) is 17.5. The Bertz CT molecular complexity index is 926. The average molecular weight is 374 g/mol. The maximum Gasteiger partial charge on any atom is 0.151 e. The molecule has 0 aliphatic carbocycles. The Morgan fingerprint density at radius 2 is 2.08 bits per heavy atom. The molecule has 1 aliphatic heterocycles. The highest BCUT2D eigenvalue weighted by Crippen LogP contribution is 2.44. The van der Waals surface area contributed by atoms with E-state index < -0.39 is 11.4 Å². The van der Waals surface area contributed by atoms with Crippen LogP contribution in [0.15, 0.2) is 53.1 Å². The molecule has 2 atom stereocenters. The molecule has 1 N–H and O–H groups in total. The van der Waals surface area contributed by atoms with E-state index in [0.29, 0.717) is 30.5 Å². The van der Waals surface area contributed by atoms with E-state index in [1.54, 1.807) is 6.07 Å². The van der Waals surface area contributed by atoms with Crippen LogP contribution in [0.3, 0.4) is 0 Å². The maximum atomic E-state index is 14.9. The summed E-state index contributed by atoms with van der Waals surface area (Å²) in [6.07, 6.45) is 1.93. The summed E-state index contributed by atoms with van der Waals surface area (Å²) in [5.74, 6) is -0.749. The summed E-state index contributed by atoms with van der Waals surface area (Å²) in [7, 11) is 0. The first-order chi connectivity index (χ1) is 12.5. The highest BCUT2D eigenvalue weighted by Gasteiger charge is 2.44. The molecule has 2 unspecified atom stereocenters. The second kappa shape index (κ2) is 6.69. The van der Waals surface area contributed by atoms with Crippen LogP contribution < -0.4 is 0 Å². The van der Waals surface area contributed by atoms with E-state index >= 15 is 0 Å². The molecule has 4 rings (SSSR count). The largest absolute Gasteiger partial charge is 0.464 e. The Hall–Kier alpha value is -1.88. The van der Waals surface area contributed by atoms with Gasteiger partial charge in [-0.15, -0.1) is 0 Å². The fourth-order valence-corrected chi connectivity index (χ4v) is 4.21. The van der Waals surface area contributed by atoms with Crippen molar-refractivity contribution in [3.05, 3.63) is 70.7 Å². The topological polar surface area (TPSA) is 36.6 Å². The lowest BCUT2D eigenvalue weighted by Gasteiger charge is -2.43. The molecule has 2 heterocycles. The molecular formula is C21H21ClFNO2. The summed E-state index contributed by atoms with van der Waals surface area (Å²) in [4.78, 5) is 2.29. The van der Waals surface area contributed by atoms with Crippen molar-refractivity contribution >= 4 is 22.6 Å². The Kier molecular flexibility index (Phi) is 4.51. The number of fused-ring (bicyclic) bond motifs is 1. The molecule has 0 spiro atoms. The Labute approximate surface area is 157 Å². The van der Waals surface area contributed by atoms with E-state index in [-0.39, 0.29) is 16.5 Å². The third kappa shape index (κ3) is 2.92. The first-order valence-corrected chi connectivity index (χ1v) is 9.21. The predicted molar refractivity (Wildman–Crippen MR) is 101 cm³/mol. The molecule has 0 saturated carbocycles. The lowest BCUT2D eigenvalue weighted by molar-refractivity contribution is -0.0744. The number of hydrogen-bond donors (Lipinski definition) is 1. The molecule has 3 nitrogen and oxygen atoms in total. The van der Waals surface area contributed by atoms with E-state index in [9.17, 15) is 9.50 Å². The molecule has 1 aliphatic rings. The highest BCUT2D eigenvalue weighted by molar-refractivity contribution is 6.31. The summed E-state index contributed by atoms with van der Waals surface area (Å²) < 4.78 is 20.4. The molecule has 0 radical (unpaired) electrons. The van der Waals surface area contributed by atoms with Crippen LogP contribution in [-0.2, 0) is 12.1 Å². The summed E-state index contributed by atoms with van der Waals surface area (Å²) in [5, 5.41) is 12.2. The van der Waals surface area contributed by atoms with Crippen molar-refractivity contribution < 1.29 is 13.9 Å². The number of hydrogen-bond acceptors (Lipinski definition) is 3. The number of halogens is 2. The zero-order valence-electron chi connectivity index (χ0n) is 14.6. The van der Waals surface area contributed by atoms with Gasteiger partial charge in [0.2, 0.25) is 0 Å². The molecule has 1 aromatic heterocycles. The van der Waals surface area contributed by atoms with Crippen molar-refractivity contribution in [2.24, 2.45) is 5.92 Å². The van der Waals surface area contributed by atoms with Gasteiger partial charge in [0.05, 0.1) is 16.8 Å². The summed E-state index contributed by atoms with van der Waals surface area (Å²) >= 11 is 6.08. The minimum Gasteiger partial charge on any atom is -0.464 e. The minimum atomic E-state index is -1.31. The standard InChI is InChI=1S/C21H21ClFNO2/c1-14-12-24(13-15-5-3-2-4-6-15)9-8-21(14,25)18-19(23)17(22)11-16-7-10-26-20(16)18/h2-7,10-11,14,25H,8-9,12-13H2,1H3. The molecule has 3 aromatic rings. The minimum absolute atomic E-state index is 0.0150. The number of furan rings is 1. The summed E-state index contributed by atoms with van der Waals surface area (Å²) in [6.45, 7) is 4.10. The van der Waals surface area contributed by atoms with Crippen LogP contribution in [0.4, 0.5) is 4.39 Å². The van der Waals surface area contributed by atoms with Gasteiger partial charge in [0.1, 0.15) is 11.2 Å². The molecular weight excluding hydrogens is 353 g/mol. The Morgan fingerprint density at radius 3 is 2.81 bits per heavy atom. The van der Waals surface area contributed by atoms with Crippen LogP contribution >= 0.6 is 11.6 Å². The molecule has 136 valence electrons. The number of nitrogens with zero attached hydrogens (tertiary/aromatic N) is 1. The van der Waals surface area contributed by atoms with Crippen molar-refractivity contribution in [3.63, 3.8) is 0 Å². The average Bonchev–Trinajstić information content (AvgIpc) is 3.07. The normalized spacial score (nSPS) is 24.2. The van der Waals surface area contributed by atoms with E-state index in [4.69, 9.17) is 16.0 Å². The van der Waals surface area contributed by atoms with Crippen LogP contribution in [0, 0.1) is 11.7 Å². The number of benzene rings is 2. The molecule has 0 amide bonds. The number of aliphatic hydroxyl groups is 1. The van der Waals surface area contributed by atoms with E-state index in [1.165, 1.54) is 17.9 Å². The third-order valence-corrected chi connectivity index (χ3v) is 5.75. The van der Waals surface area contributed by atoms with Gasteiger partial charge in [0, 0.05) is 30.9 Å². The molecule has 2 aromatic carbocycles. The van der Waals surface area contributed by atoms with Crippen molar-refractivity contribution in [1.29, 1.82) is 0 Å². The number of rotatable bonds is 3. The van der Waals surface area contributed by atoms with Crippen LogP contribution in [0.25, 0.3) is 11.0 Å². The van der Waals surface area contributed by atoms with Crippen molar-refractivity contribution in [1.82, 2.24) is 4.90 Å². The van der Waals surface area contributed by atoms with Crippen LogP contribution in [-0.4, -0.2) is 23.1 Å². The Morgan fingerprint density at radius 1 is 1.31 bits per heavy atom.